The molecule has 0 spiro atoms. The molecule has 2 aromatic rings. The molecule has 0 aliphatic heterocycles. The number of pyridine rings is 1. The number of hydrogen-bond donors (Lipinski definition) is 1. The molecule has 7 nitrogen and oxygen atoms in total. The summed E-state index contributed by atoms with van der Waals surface area (Å²) in [5.74, 6) is 0.487. The van der Waals surface area contributed by atoms with E-state index >= 15 is 0 Å². The summed E-state index contributed by atoms with van der Waals surface area (Å²) in [4.78, 5) is 23.3. The zero-order chi connectivity index (χ0) is 15.2. The molecule has 110 valence electrons. The molecule has 0 unspecified atom stereocenters. The molecule has 8 heteroatoms. The van der Waals surface area contributed by atoms with Crippen molar-refractivity contribution in [1.82, 2.24) is 15.0 Å². The summed E-state index contributed by atoms with van der Waals surface area (Å²) in [7, 11) is 0. The molecule has 2 heterocycles. The van der Waals surface area contributed by atoms with Gasteiger partial charge in [-0.05, 0) is 31.2 Å². The van der Waals surface area contributed by atoms with Crippen LogP contribution in [-0.2, 0) is 0 Å². The van der Waals surface area contributed by atoms with Gasteiger partial charge in [0.15, 0.2) is 5.16 Å². The molecule has 0 radical (unpaired) electrons. The van der Waals surface area contributed by atoms with E-state index in [1.54, 1.807) is 12.3 Å². The molecule has 2 aromatic heterocycles. The molecule has 0 aliphatic carbocycles. The van der Waals surface area contributed by atoms with Gasteiger partial charge in [-0.15, -0.1) is 0 Å². The Balaban J connectivity index is 2.28. The van der Waals surface area contributed by atoms with E-state index in [0.717, 1.165) is 12.1 Å². The van der Waals surface area contributed by atoms with Crippen LogP contribution in [0.2, 0.25) is 0 Å². The van der Waals surface area contributed by atoms with E-state index in [1.165, 1.54) is 23.9 Å². The van der Waals surface area contributed by atoms with Gasteiger partial charge >= 0.3 is 0 Å². The number of nitrogens with one attached hydrogen (secondary N) is 1. The third-order valence-corrected chi connectivity index (χ3v) is 3.32. The average Bonchev–Trinajstić information content (AvgIpc) is 2.45. The van der Waals surface area contributed by atoms with Crippen LogP contribution < -0.4 is 5.32 Å². The Bertz CT molecular complexity index is 650. The molecular weight excluding hydrogens is 290 g/mol. The van der Waals surface area contributed by atoms with Crippen LogP contribution in [0.4, 0.5) is 11.5 Å². The normalized spacial score (nSPS) is 10.4. The lowest BCUT2D eigenvalue weighted by Crippen LogP contribution is -2.03. The molecular formula is C13H15N5O2S. The molecule has 1 N–H and O–H groups in total. The van der Waals surface area contributed by atoms with Crippen LogP contribution in [0, 0.1) is 17.0 Å². The smallest absolute Gasteiger partial charge is 0.275 e. The minimum atomic E-state index is -0.431. The second-order valence-electron chi connectivity index (χ2n) is 4.32. The predicted molar refractivity (Wildman–Crippen MR) is 80.6 cm³/mol. The largest absolute Gasteiger partial charge is 0.370 e. The lowest BCUT2D eigenvalue weighted by atomic mass is 10.4. The van der Waals surface area contributed by atoms with Crippen LogP contribution in [0.25, 0.3) is 0 Å². The van der Waals surface area contributed by atoms with E-state index in [-0.39, 0.29) is 5.69 Å². The molecule has 0 aliphatic rings. The molecule has 0 fully saturated rings. The zero-order valence-corrected chi connectivity index (χ0v) is 12.6. The quantitative estimate of drug-likeness (QED) is 0.498. The Hall–Kier alpha value is -2.22. The van der Waals surface area contributed by atoms with Gasteiger partial charge in [0.2, 0.25) is 0 Å². The lowest BCUT2D eigenvalue weighted by Gasteiger charge is -2.06. The maximum atomic E-state index is 11.0. The highest BCUT2D eigenvalue weighted by Gasteiger charge is 2.13. The molecule has 0 bridgehead atoms. The van der Waals surface area contributed by atoms with Gasteiger partial charge in [-0.25, -0.2) is 15.0 Å². The Morgan fingerprint density at radius 2 is 2.19 bits per heavy atom. The minimum Gasteiger partial charge on any atom is -0.370 e. The van der Waals surface area contributed by atoms with Crippen molar-refractivity contribution in [2.24, 2.45) is 0 Å². The highest BCUT2D eigenvalue weighted by Crippen LogP contribution is 2.28. The first-order valence-corrected chi connectivity index (χ1v) is 7.28. The van der Waals surface area contributed by atoms with Crippen molar-refractivity contribution in [1.29, 1.82) is 0 Å². The standard InChI is InChI=1S/C13H15N5O2S/c1-3-5-14-11-7-10(18(19)20)8-12(17-11)21-13-15-6-4-9(2)16-13/h4,6-8H,3,5H2,1-2H3,(H,14,17). The molecule has 2 rings (SSSR count). The molecule has 0 saturated carbocycles. The van der Waals surface area contributed by atoms with Crippen LogP contribution in [0.1, 0.15) is 19.0 Å². The van der Waals surface area contributed by atoms with Crippen LogP contribution in [0.15, 0.2) is 34.6 Å². The number of rotatable bonds is 6. The summed E-state index contributed by atoms with van der Waals surface area (Å²) in [5.41, 5.74) is 0.834. The van der Waals surface area contributed by atoms with Crippen molar-refractivity contribution in [3.63, 3.8) is 0 Å². The van der Waals surface area contributed by atoms with E-state index in [9.17, 15) is 10.1 Å². The average molecular weight is 305 g/mol. The van der Waals surface area contributed by atoms with E-state index in [0.29, 0.717) is 22.5 Å². The van der Waals surface area contributed by atoms with Crippen LogP contribution >= 0.6 is 11.8 Å². The van der Waals surface area contributed by atoms with Gasteiger partial charge in [-0.2, -0.15) is 0 Å². The lowest BCUT2D eigenvalue weighted by molar-refractivity contribution is -0.385. The van der Waals surface area contributed by atoms with Gasteiger partial charge in [0.1, 0.15) is 10.8 Å². The predicted octanol–water partition coefficient (Wildman–Crippen LogP) is 3.06. The second kappa shape index (κ2) is 6.98. The maximum Gasteiger partial charge on any atom is 0.275 e. The number of nitro groups is 1. The number of aryl methyl sites for hydroxylation is 1. The van der Waals surface area contributed by atoms with Gasteiger partial charge in [-0.1, -0.05) is 6.92 Å². The highest BCUT2D eigenvalue weighted by molar-refractivity contribution is 7.99. The molecule has 0 saturated heterocycles. The van der Waals surface area contributed by atoms with Gasteiger partial charge in [0.25, 0.3) is 5.69 Å². The van der Waals surface area contributed by atoms with Crippen LogP contribution in [0.3, 0.4) is 0 Å². The van der Waals surface area contributed by atoms with E-state index in [1.807, 2.05) is 13.8 Å². The van der Waals surface area contributed by atoms with Crippen molar-refractivity contribution in [3.8, 4) is 0 Å². The number of aromatic nitrogens is 3. The molecule has 0 atom stereocenters. The summed E-state index contributed by atoms with van der Waals surface area (Å²) < 4.78 is 0. The highest BCUT2D eigenvalue weighted by atomic mass is 32.2. The van der Waals surface area contributed by atoms with E-state index in [4.69, 9.17) is 0 Å². The summed E-state index contributed by atoms with van der Waals surface area (Å²) in [6.07, 6.45) is 2.56. The van der Waals surface area contributed by atoms with Crippen molar-refractivity contribution in [2.75, 3.05) is 11.9 Å². The summed E-state index contributed by atoms with van der Waals surface area (Å²) in [6.45, 7) is 4.58. The Labute approximate surface area is 126 Å². The summed E-state index contributed by atoms with van der Waals surface area (Å²) >= 11 is 1.20. The number of nitrogens with zero attached hydrogens (tertiary/aromatic N) is 4. The first-order valence-electron chi connectivity index (χ1n) is 6.46. The zero-order valence-electron chi connectivity index (χ0n) is 11.7. The van der Waals surface area contributed by atoms with Crippen molar-refractivity contribution < 1.29 is 4.92 Å². The Morgan fingerprint density at radius 1 is 1.38 bits per heavy atom. The van der Waals surface area contributed by atoms with Gasteiger partial charge < -0.3 is 5.32 Å². The Kier molecular flexibility index (Phi) is 5.04. The van der Waals surface area contributed by atoms with E-state index in [2.05, 4.69) is 20.3 Å². The van der Waals surface area contributed by atoms with Crippen LogP contribution in [0.5, 0.6) is 0 Å². The number of hydrogen-bond acceptors (Lipinski definition) is 7. The topological polar surface area (TPSA) is 93.8 Å². The van der Waals surface area contributed by atoms with Crippen LogP contribution in [-0.4, -0.2) is 26.4 Å². The van der Waals surface area contributed by atoms with Gasteiger partial charge in [0, 0.05) is 24.5 Å². The molecule has 0 aromatic carbocycles. The van der Waals surface area contributed by atoms with Gasteiger partial charge in [0.05, 0.1) is 11.0 Å². The summed E-state index contributed by atoms with van der Waals surface area (Å²) in [6, 6.07) is 4.64. The third-order valence-electron chi connectivity index (χ3n) is 2.52. The molecule has 21 heavy (non-hydrogen) atoms. The van der Waals surface area contributed by atoms with Crippen molar-refractivity contribution >= 4 is 23.3 Å². The molecule has 0 amide bonds. The Morgan fingerprint density at radius 3 is 2.86 bits per heavy atom. The minimum absolute atomic E-state index is 0.00115. The first-order chi connectivity index (χ1) is 10.1. The van der Waals surface area contributed by atoms with E-state index < -0.39 is 4.92 Å². The first kappa shape index (κ1) is 15.2. The fraction of sp³-hybridized carbons (Fsp3) is 0.308. The SMILES string of the molecule is CCCNc1cc([N+](=O)[O-])cc(Sc2nccc(C)n2)n1. The van der Waals surface area contributed by atoms with Crippen molar-refractivity contribution in [3.05, 3.63) is 40.2 Å². The fourth-order valence-corrected chi connectivity index (χ4v) is 2.38. The van der Waals surface area contributed by atoms with Crippen molar-refractivity contribution in [2.45, 2.75) is 30.5 Å². The fourth-order valence-electron chi connectivity index (χ4n) is 1.56. The monoisotopic (exact) mass is 305 g/mol. The number of anilines is 1. The van der Waals surface area contributed by atoms with Gasteiger partial charge in [-0.3, -0.25) is 10.1 Å². The summed E-state index contributed by atoms with van der Waals surface area (Å²) in [5, 5.41) is 15.1. The second-order valence-corrected chi connectivity index (χ2v) is 5.30. The third kappa shape index (κ3) is 4.38. The maximum absolute atomic E-state index is 11.0.